The standard InChI is InChI=1S/C28H26ClN2/c1-28(2,3)24-14-13-22(24)19-9-11-20(12-10-19)25-23(18-7-5-4-6-8-18)17-21-15-16-30-27(29)26(21)31-25/h4-12,15-17,24H,13-14H2,1-3H3. The number of pyridine rings is 2. The van der Waals surface area contributed by atoms with Gasteiger partial charge in [-0.3, -0.25) is 0 Å². The molecule has 1 fully saturated rings. The van der Waals surface area contributed by atoms with Gasteiger partial charge in [-0.1, -0.05) is 87.0 Å². The van der Waals surface area contributed by atoms with Crippen LogP contribution < -0.4 is 0 Å². The first-order chi connectivity index (χ1) is 14.9. The van der Waals surface area contributed by atoms with Crippen LogP contribution in [0.5, 0.6) is 0 Å². The molecule has 0 aliphatic heterocycles. The number of fused-ring (bicyclic) bond motifs is 1. The average molecular weight is 426 g/mol. The second-order valence-electron chi connectivity index (χ2n) is 9.48. The highest BCUT2D eigenvalue weighted by atomic mass is 35.5. The molecule has 3 heteroatoms. The van der Waals surface area contributed by atoms with E-state index >= 15 is 0 Å². The molecular weight excluding hydrogens is 400 g/mol. The van der Waals surface area contributed by atoms with Crippen LogP contribution in [-0.4, -0.2) is 9.97 Å². The van der Waals surface area contributed by atoms with Crippen molar-refractivity contribution in [2.75, 3.05) is 0 Å². The Morgan fingerprint density at radius 1 is 0.871 bits per heavy atom. The van der Waals surface area contributed by atoms with E-state index in [1.165, 1.54) is 18.4 Å². The van der Waals surface area contributed by atoms with Crippen LogP contribution in [0.1, 0.15) is 39.2 Å². The summed E-state index contributed by atoms with van der Waals surface area (Å²) in [6.45, 7) is 7.02. The Morgan fingerprint density at radius 3 is 2.23 bits per heavy atom. The summed E-state index contributed by atoms with van der Waals surface area (Å²) in [5, 5.41) is 1.44. The smallest absolute Gasteiger partial charge is 0.155 e. The SMILES string of the molecule is CC(C)(C)C1CC[C]1c1ccc(-c2nc3c(Cl)nccc3cc2-c2ccccc2)cc1. The van der Waals surface area contributed by atoms with Crippen molar-refractivity contribution in [3.05, 3.63) is 89.6 Å². The minimum Gasteiger partial charge on any atom is -0.244 e. The van der Waals surface area contributed by atoms with Crippen molar-refractivity contribution in [3.63, 3.8) is 0 Å². The molecule has 1 aliphatic carbocycles. The summed E-state index contributed by atoms with van der Waals surface area (Å²) in [5.41, 5.74) is 6.69. The summed E-state index contributed by atoms with van der Waals surface area (Å²) in [5.74, 6) is 2.25. The Balaban J connectivity index is 1.60. The lowest BCUT2D eigenvalue weighted by Gasteiger charge is -2.45. The molecule has 1 aliphatic rings. The van der Waals surface area contributed by atoms with Gasteiger partial charge in [0.15, 0.2) is 5.15 Å². The average Bonchev–Trinajstić information content (AvgIpc) is 2.72. The predicted molar refractivity (Wildman–Crippen MR) is 130 cm³/mol. The Labute approximate surface area is 189 Å². The lowest BCUT2D eigenvalue weighted by atomic mass is 9.59. The van der Waals surface area contributed by atoms with Gasteiger partial charge in [0.05, 0.1) is 5.69 Å². The van der Waals surface area contributed by atoms with Crippen LogP contribution in [0.15, 0.2) is 72.9 Å². The number of rotatable bonds is 3. The van der Waals surface area contributed by atoms with Crippen molar-refractivity contribution in [2.24, 2.45) is 11.3 Å². The summed E-state index contributed by atoms with van der Waals surface area (Å²) in [6, 6.07) is 23.5. The van der Waals surface area contributed by atoms with Crippen LogP contribution in [0.4, 0.5) is 0 Å². The maximum absolute atomic E-state index is 6.39. The molecule has 2 aromatic heterocycles. The molecular formula is C28H26ClN2. The Morgan fingerprint density at radius 2 is 1.58 bits per heavy atom. The van der Waals surface area contributed by atoms with Gasteiger partial charge in [0.25, 0.3) is 0 Å². The summed E-state index contributed by atoms with van der Waals surface area (Å²) in [6.07, 6.45) is 4.22. The Bertz CT molecular complexity index is 1220. The number of halogens is 1. The van der Waals surface area contributed by atoms with E-state index in [9.17, 15) is 0 Å². The molecule has 1 atom stereocenters. The minimum absolute atomic E-state index is 0.316. The number of aromatic nitrogens is 2. The number of hydrogen-bond acceptors (Lipinski definition) is 2. The van der Waals surface area contributed by atoms with Gasteiger partial charge in [0, 0.05) is 28.6 Å². The molecule has 31 heavy (non-hydrogen) atoms. The topological polar surface area (TPSA) is 25.8 Å². The zero-order valence-corrected chi connectivity index (χ0v) is 18.9. The lowest BCUT2D eigenvalue weighted by Crippen LogP contribution is -2.35. The maximum Gasteiger partial charge on any atom is 0.155 e. The van der Waals surface area contributed by atoms with E-state index in [1.807, 2.05) is 12.1 Å². The molecule has 1 unspecified atom stereocenters. The zero-order chi connectivity index (χ0) is 21.6. The van der Waals surface area contributed by atoms with Gasteiger partial charge in [-0.15, -0.1) is 0 Å². The highest BCUT2D eigenvalue weighted by Gasteiger charge is 2.40. The van der Waals surface area contributed by atoms with Crippen LogP contribution in [0, 0.1) is 17.3 Å². The molecule has 0 N–H and O–H groups in total. The van der Waals surface area contributed by atoms with Crippen LogP contribution >= 0.6 is 11.6 Å². The zero-order valence-electron chi connectivity index (χ0n) is 18.2. The van der Waals surface area contributed by atoms with Gasteiger partial charge >= 0.3 is 0 Å². The highest BCUT2D eigenvalue weighted by molar-refractivity contribution is 6.33. The number of hydrogen-bond donors (Lipinski definition) is 0. The van der Waals surface area contributed by atoms with E-state index in [1.54, 1.807) is 12.1 Å². The first-order valence-corrected chi connectivity index (χ1v) is 11.3. The molecule has 2 aromatic carbocycles. The van der Waals surface area contributed by atoms with Gasteiger partial charge < -0.3 is 0 Å². The second kappa shape index (κ2) is 7.76. The largest absolute Gasteiger partial charge is 0.244 e. The van der Waals surface area contributed by atoms with Crippen LogP contribution in [0.3, 0.4) is 0 Å². The Kier molecular flexibility index (Phi) is 5.06. The fourth-order valence-electron chi connectivity index (χ4n) is 4.70. The number of benzene rings is 2. The fourth-order valence-corrected chi connectivity index (χ4v) is 4.91. The quantitative estimate of drug-likeness (QED) is 0.311. The van der Waals surface area contributed by atoms with Crippen LogP contribution in [0.25, 0.3) is 33.3 Å². The summed E-state index contributed by atoms with van der Waals surface area (Å²) < 4.78 is 0. The molecule has 155 valence electrons. The maximum atomic E-state index is 6.39. The third-order valence-electron chi connectivity index (χ3n) is 6.47. The highest BCUT2D eigenvalue weighted by Crippen LogP contribution is 2.50. The van der Waals surface area contributed by atoms with Gasteiger partial charge in [0.1, 0.15) is 5.52 Å². The third-order valence-corrected chi connectivity index (χ3v) is 6.75. The molecule has 0 bridgehead atoms. The Hall–Kier alpha value is -2.71. The van der Waals surface area contributed by atoms with Crippen molar-refractivity contribution < 1.29 is 0 Å². The fraction of sp³-hybridized carbons (Fsp3) is 0.250. The van der Waals surface area contributed by atoms with Crippen LogP contribution in [-0.2, 0) is 0 Å². The molecule has 4 aromatic rings. The summed E-state index contributed by atoms with van der Waals surface area (Å²) in [7, 11) is 0. The summed E-state index contributed by atoms with van der Waals surface area (Å²) >= 11 is 6.39. The minimum atomic E-state index is 0.316. The molecule has 1 saturated carbocycles. The molecule has 0 saturated heterocycles. The van der Waals surface area contributed by atoms with Crippen molar-refractivity contribution in [1.82, 2.24) is 9.97 Å². The van der Waals surface area contributed by atoms with Crippen molar-refractivity contribution >= 4 is 22.5 Å². The van der Waals surface area contributed by atoms with E-state index in [0.29, 0.717) is 16.5 Å². The van der Waals surface area contributed by atoms with Crippen molar-refractivity contribution in [2.45, 2.75) is 33.6 Å². The summed E-state index contributed by atoms with van der Waals surface area (Å²) in [4.78, 5) is 9.21. The molecule has 1 radical (unpaired) electrons. The molecule has 0 spiro atoms. The molecule has 0 amide bonds. The first kappa shape index (κ1) is 20.2. The molecule has 2 heterocycles. The van der Waals surface area contributed by atoms with E-state index in [4.69, 9.17) is 16.6 Å². The van der Waals surface area contributed by atoms with Crippen molar-refractivity contribution in [3.8, 4) is 22.4 Å². The second-order valence-corrected chi connectivity index (χ2v) is 9.84. The van der Waals surface area contributed by atoms with E-state index in [-0.39, 0.29) is 0 Å². The monoisotopic (exact) mass is 425 g/mol. The molecule has 2 nitrogen and oxygen atoms in total. The normalized spacial score (nSPS) is 17.0. The number of nitrogens with zero attached hydrogens (tertiary/aromatic N) is 2. The van der Waals surface area contributed by atoms with Crippen LogP contribution in [0.2, 0.25) is 5.15 Å². The van der Waals surface area contributed by atoms with E-state index in [2.05, 4.69) is 80.4 Å². The van der Waals surface area contributed by atoms with Crippen molar-refractivity contribution in [1.29, 1.82) is 0 Å². The lowest BCUT2D eigenvalue weighted by molar-refractivity contribution is 0.180. The van der Waals surface area contributed by atoms with Gasteiger partial charge in [-0.05, 0) is 47.4 Å². The van der Waals surface area contributed by atoms with E-state index < -0.39 is 0 Å². The molecule has 5 rings (SSSR count). The third kappa shape index (κ3) is 3.74. The van der Waals surface area contributed by atoms with E-state index in [0.717, 1.165) is 33.3 Å². The predicted octanol–water partition coefficient (Wildman–Crippen LogP) is 8.00. The first-order valence-electron chi connectivity index (χ1n) is 10.9. The van der Waals surface area contributed by atoms with Gasteiger partial charge in [-0.25, -0.2) is 9.97 Å². The van der Waals surface area contributed by atoms with Gasteiger partial charge in [0.2, 0.25) is 0 Å². The van der Waals surface area contributed by atoms with Gasteiger partial charge in [-0.2, -0.15) is 0 Å².